The van der Waals surface area contributed by atoms with E-state index in [0.29, 0.717) is 18.9 Å². The summed E-state index contributed by atoms with van der Waals surface area (Å²) in [6.45, 7) is 7.10. The summed E-state index contributed by atoms with van der Waals surface area (Å²) in [4.78, 5) is 12.1. The number of aliphatic hydroxyl groups excluding tert-OH is 1. The van der Waals surface area contributed by atoms with Gasteiger partial charge in [0.25, 0.3) is 0 Å². The quantitative estimate of drug-likeness (QED) is 0.779. The zero-order valence-corrected chi connectivity index (χ0v) is 14.9. The van der Waals surface area contributed by atoms with Gasteiger partial charge in [0.15, 0.2) is 0 Å². The lowest BCUT2D eigenvalue weighted by molar-refractivity contribution is -0.120. The minimum atomic E-state index is -0.554. The zero-order valence-electron chi connectivity index (χ0n) is 14.9. The van der Waals surface area contributed by atoms with Gasteiger partial charge in [-0.1, -0.05) is 13.8 Å². The summed E-state index contributed by atoms with van der Waals surface area (Å²) in [5.74, 6) is 0.349. The molecule has 0 bridgehead atoms. The molecule has 0 spiro atoms. The predicted molar refractivity (Wildman–Crippen MR) is 94.3 cm³/mol. The van der Waals surface area contributed by atoms with Crippen molar-refractivity contribution in [3.05, 3.63) is 35.1 Å². The third kappa shape index (κ3) is 4.58. The zero-order chi connectivity index (χ0) is 17.7. The average Bonchev–Trinajstić information content (AvgIpc) is 2.88. The van der Waals surface area contributed by atoms with Crippen LogP contribution in [0.1, 0.15) is 42.9 Å². The highest BCUT2D eigenvalue weighted by atomic mass is 16.5. The standard InChI is InChI=1S/C19H27NO4/c1-12(2)16-9-17-14(10-24-18(17)7-13(16)3)8-19(22)20-6-5-15(21)11-23-4/h7,9-10,12,15,21H,5-6,8,11H2,1-4H3,(H,20,22). The van der Waals surface area contributed by atoms with Gasteiger partial charge in [-0.3, -0.25) is 4.79 Å². The number of aliphatic hydroxyl groups is 1. The van der Waals surface area contributed by atoms with Gasteiger partial charge in [0.1, 0.15) is 5.58 Å². The molecular formula is C19H27NO4. The summed E-state index contributed by atoms with van der Waals surface area (Å²) in [7, 11) is 1.54. The Labute approximate surface area is 143 Å². The monoisotopic (exact) mass is 333 g/mol. The number of aryl methyl sites for hydroxylation is 1. The maximum atomic E-state index is 12.1. The van der Waals surface area contributed by atoms with E-state index in [4.69, 9.17) is 9.15 Å². The van der Waals surface area contributed by atoms with Crippen LogP contribution in [0.15, 0.2) is 22.8 Å². The Bertz CT molecular complexity index is 690. The first kappa shape index (κ1) is 18.5. The highest BCUT2D eigenvalue weighted by molar-refractivity contribution is 5.88. The van der Waals surface area contributed by atoms with Crippen LogP contribution in [-0.4, -0.2) is 37.4 Å². The summed E-state index contributed by atoms with van der Waals surface area (Å²) >= 11 is 0. The lowest BCUT2D eigenvalue weighted by atomic mass is 9.95. The lowest BCUT2D eigenvalue weighted by Crippen LogP contribution is -2.29. The summed E-state index contributed by atoms with van der Waals surface area (Å²) < 4.78 is 10.5. The number of carbonyl (C=O) groups excluding carboxylic acids is 1. The van der Waals surface area contributed by atoms with E-state index in [1.807, 2.05) is 6.07 Å². The fourth-order valence-electron chi connectivity index (χ4n) is 2.89. The number of carbonyl (C=O) groups is 1. The molecule has 24 heavy (non-hydrogen) atoms. The van der Waals surface area contributed by atoms with Gasteiger partial charge < -0.3 is 19.6 Å². The van der Waals surface area contributed by atoms with Gasteiger partial charge in [0.05, 0.1) is 25.4 Å². The van der Waals surface area contributed by atoms with Crippen molar-refractivity contribution in [1.82, 2.24) is 5.32 Å². The van der Waals surface area contributed by atoms with E-state index < -0.39 is 6.10 Å². The van der Waals surface area contributed by atoms with E-state index in [9.17, 15) is 9.90 Å². The Balaban J connectivity index is 2.02. The molecule has 1 unspecified atom stereocenters. The smallest absolute Gasteiger partial charge is 0.224 e. The van der Waals surface area contributed by atoms with E-state index in [2.05, 4.69) is 32.2 Å². The second-order valence-electron chi connectivity index (χ2n) is 6.55. The summed E-state index contributed by atoms with van der Waals surface area (Å²) in [5.41, 5.74) is 4.18. The van der Waals surface area contributed by atoms with Crippen molar-refractivity contribution >= 4 is 16.9 Å². The number of methoxy groups -OCH3 is 1. The molecule has 5 nitrogen and oxygen atoms in total. The highest BCUT2D eigenvalue weighted by Crippen LogP contribution is 2.29. The van der Waals surface area contributed by atoms with Crippen LogP contribution in [0, 0.1) is 6.92 Å². The number of furan rings is 1. The molecule has 1 aromatic carbocycles. The molecule has 5 heteroatoms. The molecule has 0 saturated heterocycles. The maximum Gasteiger partial charge on any atom is 0.224 e. The molecule has 132 valence electrons. The normalized spacial score (nSPS) is 12.8. The molecule has 2 N–H and O–H groups in total. The van der Waals surface area contributed by atoms with E-state index in [1.54, 1.807) is 13.4 Å². The molecule has 0 saturated carbocycles. The first-order valence-electron chi connectivity index (χ1n) is 8.36. The number of hydrogen-bond donors (Lipinski definition) is 2. The van der Waals surface area contributed by atoms with Crippen molar-refractivity contribution in [2.75, 3.05) is 20.3 Å². The molecule has 2 rings (SSSR count). The summed E-state index contributed by atoms with van der Waals surface area (Å²) in [6.07, 6.45) is 1.85. The molecule has 0 radical (unpaired) electrons. The Hall–Kier alpha value is -1.85. The first-order valence-corrected chi connectivity index (χ1v) is 8.36. The molecular weight excluding hydrogens is 306 g/mol. The number of ether oxygens (including phenoxy) is 1. The topological polar surface area (TPSA) is 71.7 Å². The third-order valence-electron chi connectivity index (χ3n) is 4.17. The van der Waals surface area contributed by atoms with Crippen LogP contribution >= 0.6 is 0 Å². The molecule has 1 heterocycles. The van der Waals surface area contributed by atoms with E-state index in [-0.39, 0.29) is 18.9 Å². The van der Waals surface area contributed by atoms with E-state index in [0.717, 1.165) is 16.5 Å². The van der Waals surface area contributed by atoms with Crippen LogP contribution in [0.4, 0.5) is 0 Å². The average molecular weight is 333 g/mol. The molecule has 0 aliphatic heterocycles. The van der Waals surface area contributed by atoms with Crippen LogP contribution in [0.5, 0.6) is 0 Å². The molecule has 0 fully saturated rings. The van der Waals surface area contributed by atoms with Crippen LogP contribution < -0.4 is 5.32 Å². The molecule has 1 amide bonds. The molecule has 1 atom stereocenters. The Morgan fingerprint density at radius 1 is 1.38 bits per heavy atom. The third-order valence-corrected chi connectivity index (χ3v) is 4.17. The van der Waals surface area contributed by atoms with E-state index in [1.165, 1.54) is 11.1 Å². The number of rotatable bonds is 8. The molecule has 0 aliphatic carbocycles. The van der Waals surface area contributed by atoms with Gasteiger partial charge in [-0.05, 0) is 42.5 Å². The molecule has 2 aromatic rings. The van der Waals surface area contributed by atoms with Crippen molar-refractivity contribution in [1.29, 1.82) is 0 Å². The largest absolute Gasteiger partial charge is 0.464 e. The van der Waals surface area contributed by atoms with Crippen molar-refractivity contribution < 1.29 is 19.1 Å². The SMILES string of the molecule is COCC(O)CCNC(=O)Cc1coc2cc(C)c(C(C)C)cc12. The Morgan fingerprint density at radius 2 is 2.12 bits per heavy atom. The number of fused-ring (bicyclic) bond motifs is 1. The molecule has 1 aromatic heterocycles. The minimum Gasteiger partial charge on any atom is -0.464 e. The Morgan fingerprint density at radius 3 is 2.79 bits per heavy atom. The fourth-order valence-corrected chi connectivity index (χ4v) is 2.89. The second kappa shape index (κ2) is 8.31. The highest BCUT2D eigenvalue weighted by Gasteiger charge is 2.14. The van der Waals surface area contributed by atoms with E-state index >= 15 is 0 Å². The summed E-state index contributed by atoms with van der Waals surface area (Å²) in [6, 6.07) is 4.16. The minimum absolute atomic E-state index is 0.0750. The number of amides is 1. The van der Waals surface area contributed by atoms with Crippen LogP contribution in [0.2, 0.25) is 0 Å². The van der Waals surface area contributed by atoms with Crippen molar-refractivity contribution in [2.24, 2.45) is 0 Å². The molecule has 0 aliphatic rings. The van der Waals surface area contributed by atoms with Crippen molar-refractivity contribution in [3.8, 4) is 0 Å². The number of hydrogen-bond acceptors (Lipinski definition) is 4. The predicted octanol–water partition coefficient (Wildman–Crippen LogP) is 2.92. The fraction of sp³-hybridized carbons (Fsp3) is 0.526. The van der Waals surface area contributed by atoms with Crippen LogP contribution in [0.25, 0.3) is 11.0 Å². The second-order valence-corrected chi connectivity index (χ2v) is 6.55. The number of nitrogens with one attached hydrogen (secondary N) is 1. The van der Waals surface area contributed by atoms with Gasteiger partial charge in [0, 0.05) is 24.6 Å². The van der Waals surface area contributed by atoms with Gasteiger partial charge in [-0.15, -0.1) is 0 Å². The van der Waals surface area contributed by atoms with Gasteiger partial charge in [0.2, 0.25) is 5.91 Å². The van der Waals surface area contributed by atoms with Crippen LogP contribution in [-0.2, 0) is 16.0 Å². The lowest BCUT2D eigenvalue weighted by Gasteiger charge is -2.11. The number of benzene rings is 1. The van der Waals surface area contributed by atoms with Gasteiger partial charge in [-0.2, -0.15) is 0 Å². The Kier molecular flexibility index (Phi) is 6.40. The van der Waals surface area contributed by atoms with Gasteiger partial charge in [-0.25, -0.2) is 0 Å². The maximum absolute atomic E-state index is 12.1. The van der Waals surface area contributed by atoms with Crippen LogP contribution in [0.3, 0.4) is 0 Å². The van der Waals surface area contributed by atoms with Gasteiger partial charge >= 0.3 is 0 Å². The first-order chi connectivity index (χ1) is 11.4. The van der Waals surface area contributed by atoms with Crippen molar-refractivity contribution in [2.45, 2.75) is 45.6 Å². The van der Waals surface area contributed by atoms with Crippen molar-refractivity contribution in [3.63, 3.8) is 0 Å². The summed E-state index contributed by atoms with van der Waals surface area (Å²) in [5, 5.41) is 13.4.